The summed E-state index contributed by atoms with van der Waals surface area (Å²) >= 11 is 9.90. The van der Waals surface area contributed by atoms with Crippen LogP contribution in [0, 0.1) is 0 Å². The fourth-order valence-corrected chi connectivity index (χ4v) is 3.70. The molecule has 0 aliphatic rings. The molecular weight excluding hydrogens is 428 g/mol. The monoisotopic (exact) mass is 442 g/mol. The van der Waals surface area contributed by atoms with Crippen LogP contribution in [0.15, 0.2) is 53.1 Å². The molecule has 0 unspecified atom stereocenters. The molecular formula is C20H16BrClN4O. The number of aromatic nitrogens is 2. The summed E-state index contributed by atoms with van der Waals surface area (Å²) < 4.78 is 0.968. The number of pyridine rings is 1. The van der Waals surface area contributed by atoms with Gasteiger partial charge in [0.15, 0.2) is 0 Å². The van der Waals surface area contributed by atoms with Crippen molar-refractivity contribution in [3.05, 3.63) is 63.7 Å². The van der Waals surface area contributed by atoms with Crippen LogP contribution >= 0.6 is 27.5 Å². The number of H-pyrrole nitrogens is 1. The van der Waals surface area contributed by atoms with Crippen LogP contribution in [0.3, 0.4) is 0 Å². The lowest BCUT2D eigenvalue weighted by Crippen LogP contribution is -2.29. The number of hydrogen-bond donors (Lipinski definition) is 3. The van der Waals surface area contributed by atoms with Crippen molar-refractivity contribution in [3.63, 3.8) is 0 Å². The van der Waals surface area contributed by atoms with E-state index in [1.807, 2.05) is 36.5 Å². The normalized spacial score (nSPS) is 11.2. The molecule has 5 nitrogen and oxygen atoms in total. The fraction of sp³-hybridized carbons (Fsp3) is 0.100. The minimum atomic E-state index is -0.197. The van der Waals surface area contributed by atoms with Gasteiger partial charge >= 0.3 is 0 Å². The van der Waals surface area contributed by atoms with Crippen molar-refractivity contribution in [3.8, 4) is 11.3 Å². The van der Waals surface area contributed by atoms with Crippen molar-refractivity contribution in [2.45, 2.75) is 0 Å². The second-order valence-corrected chi connectivity index (χ2v) is 7.45. The van der Waals surface area contributed by atoms with Gasteiger partial charge in [-0.2, -0.15) is 0 Å². The second kappa shape index (κ2) is 7.31. The highest BCUT2D eigenvalue weighted by Gasteiger charge is 2.17. The van der Waals surface area contributed by atoms with Gasteiger partial charge in [-0.15, -0.1) is 0 Å². The predicted octanol–water partition coefficient (Wildman–Crippen LogP) is 4.49. The molecule has 0 radical (unpaired) electrons. The summed E-state index contributed by atoms with van der Waals surface area (Å²) in [5.74, 6) is -0.197. The van der Waals surface area contributed by atoms with E-state index in [0.29, 0.717) is 40.3 Å². The SMILES string of the molecule is NCCNC(=O)c1cc(-c2c[nH]c3ccc(Br)cc23)nc2c(Cl)cccc12. The van der Waals surface area contributed by atoms with Crippen LogP contribution in [0.4, 0.5) is 0 Å². The summed E-state index contributed by atoms with van der Waals surface area (Å²) in [5.41, 5.74) is 9.21. The third-order valence-electron chi connectivity index (χ3n) is 4.38. The van der Waals surface area contributed by atoms with Crippen molar-refractivity contribution < 1.29 is 4.79 Å². The lowest BCUT2D eigenvalue weighted by atomic mass is 10.0. The number of fused-ring (bicyclic) bond motifs is 2. The lowest BCUT2D eigenvalue weighted by Gasteiger charge is -2.11. The van der Waals surface area contributed by atoms with E-state index >= 15 is 0 Å². The van der Waals surface area contributed by atoms with Crippen LogP contribution in [0.1, 0.15) is 10.4 Å². The first-order chi connectivity index (χ1) is 13.1. The number of nitrogens with one attached hydrogen (secondary N) is 2. The highest BCUT2D eigenvalue weighted by molar-refractivity contribution is 9.10. The maximum atomic E-state index is 12.7. The van der Waals surface area contributed by atoms with Gasteiger partial charge in [-0.25, -0.2) is 4.98 Å². The quantitative estimate of drug-likeness (QED) is 0.434. The zero-order valence-corrected chi connectivity index (χ0v) is 16.6. The van der Waals surface area contributed by atoms with Gasteiger partial charge in [0, 0.05) is 45.6 Å². The fourth-order valence-electron chi connectivity index (χ4n) is 3.13. The molecule has 0 fully saturated rings. The molecule has 27 heavy (non-hydrogen) atoms. The number of nitrogens with two attached hydrogens (primary N) is 1. The minimum Gasteiger partial charge on any atom is -0.360 e. The largest absolute Gasteiger partial charge is 0.360 e. The third-order valence-corrected chi connectivity index (χ3v) is 5.18. The summed E-state index contributed by atoms with van der Waals surface area (Å²) in [4.78, 5) is 20.7. The molecule has 2 heterocycles. The van der Waals surface area contributed by atoms with Crippen LogP contribution in [-0.2, 0) is 0 Å². The highest BCUT2D eigenvalue weighted by Crippen LogP contribution is 2.33. The van der Waals surface area contributed by atoms with Gasteiger partial charge in [0.1, 0.15) is 0 Å². The molecule has 4 aromatic rings. The first kappa shape index (κ1) is 18.0. The van der Waals surface area contributed by atoms with Gasteiger partial charge in [-0.3, -0.25) is 4.79 Å². The first-order valence-electron chi connectivity index (χ1n) is 8.43. The number of carbonyl (C=O) groups excluding carboxylic acids is 1. The topological polar surface area (TPSA) is 83.8 Å². The van der Waals surface area contributed by atoms with E-state index in [1.54, 1.807) is 12.1 Å². The molecule has 0 aliphatic heterocycles. The van der Waals surface area contributed by atoms with Crippen molar-refractivity contribution in [2.24, 2.45) is 5.73 Å². The molecule has 4 N–H and O–H groups in total. The highest BCUT2D eigenvalue weighted by atomic mass is 79.9. The van der Waals surface area contributed by atoms with E-state index in [-0.39, 0.29) is 5.91 Å². The number of aromatic amines is 1. The molecule has 2 aromatic heterocycles. The molecule has 0 aliphatic carbocycles. The van der Waals surface area contributed by atoms with Crippen molar-refractivity contribution in [1.82, 2.24) is 15.3 Å². The number of para-hydroxylation sites is 1. The minimum absolute atomic E-state index is 0.197. The Morgan fingerprint density at radius 2 is 2.07 bits per heavy atom. The predicted molar refractivity (Wildman–Crippen MR) is 113 cm³/mol. The molecule has 0 spiro atoms. The number of nitrogens with zero attached hydrogens (tertiary/aromatic N) is 1. The summed E-state index contributed by atoms with van der Waals surface area (Å²) in [7, 11) is 0. The number of amides is 1. The van der Waals surface area contributed by atoms with Crippen LogP contribution in [0.2, 0.25) is 5.02 Å². The zero-order valence-electron chi connectivity index (χ0n) is 14.2. The number of carbonyl (C=O) groups is 1. The summed E-state index contributed by atoms with van der Waals surface area (Å²) in [6.07, 6.45) is 1.89. The van der Waals surface area contributed by atoms with E-state index in [0.717, 1.165) is 20.9 Å². The van der Waals surface area contributed by atoms with Crippen LogP contribution in [-0.4, -0.2) is 29.0 Å². The molecule has 0 saturated heterocycles. The van der Waals surface area contributed by atoms with Crippen molar-refractivity contribution >= 4 is 55.2 Å². The van der Waals surface area contributed by atoms with E-state index < -0.39 is 0 Å². The van der Waals surface area contributed by atoms with E-state index in [4.69, 9.17) is 22.3 Å². The Morgan fingerprint density at radius 3 is 2.89 bits per heavy atom. The van der Waals surface area contributed by atoms with E-state index in [1.165, 1.54) is 0 Å². The summed E-state index contributed by atoms with van der Waals surface area (Å²) in [5, 5.41) is 5.05. The maximum absolute atomic E-state index is 12.7. The van der Waals surface area contributed by atoms with E-state index in [2.05, 4.69) is 26.2 Å². The smallest absolute Gasteiger partial charge is 0.252 e. The molecule has 7 heteroatoms. The standard InChI is InChI=1S/C20H16BrClN4O/c21-11-4-5-17-13(8-11)15(10-25-17)18-9-14(20(27)24-7-6-23)12-2-1-3-16(22)19(12)26-18/h1-5,8-10,25H,6-7,23H2,(H,24,27). The van der Waals surface area contributed by atoms with Crippen molar-refractivity contribution in [2.75, 3.05) is 13.1 Å². The Kier molecular flexibility index (Phi) is 4.86. The van der Waals surface area contributed by atoms with Gasteiger partial charge < -0.3 is 16.0 Å². The average Bonchev–Trinajstić information content (AvgIpc) is 3.08. The third kappa shape index (κ3) is 3.32. The number of rotatable bonds is 4. The van der Waals surface area contributed by atoms with Crippen LogP contribution in [0.5, 0.6) is 0 Å². The Balaban J connectivity index is 1.96. The van der Waals surface area contributed by atoms with Gasteiger partial charge in [-0.05, 0) is 30.3 Å². The molecule has 1 amide bonds. The van der Waals surface area contributed by atoms with Crippen LogP contribution < -0.4 is 11.1 Å². The Hall–Kier alpha value is -2.41. The molecule has 0 bridgehead atoms. The Labute approximate surface area is 169 Å². The summed E-state index contributed by atoms with van der Waals surface area (Å²) in [6, 6.07) is 13.2. The molecule has 0 saturated carbocycles. The molecule has 2 aromatic carbocycles. The lowest BCUT2D eigenvalue weighted by molar-refractivity contribution is 0.0956. The molecule has 136 valence electrons. The summed E-state index contributed by atoms with van der Waals surface area (Å²) in [6.45, 7) is 0.775. The van der Waals surface area contributed by atoms with E-state index in [9.17, 15) is 4.79 Å². The maximum Gasteiger partial charge on any atom is 0.252 e. The van der Waals surface area contributed by atoms with Crippen LogP contribution in [0.25, 0.3) is 33.1 Å². The number of hydrogen-bond acceptors (Lipinski definition) is 3. The van der Waals surface area contributed by atoms with Gasteiger partial charge in [0.2, 0.25) is 0 Å². The Bertz CT molecular complexity index is 1170. The first-order valence-corrected chi connectivity index (χ1v) is 9.60. The van der Waals surface area contributed by atoms with Gasteiger partial charge in [0.25, 0.3) is 5.91 Å². The van der Waals surface area contributed by atoms with Gasteiger partial charge in [0.05, 0.1) is 21.8 Å². The molecule has 0 atom stereocenters. The Morgan fingerprint density at radius 1 is 1.22 bits per heavy atom. The van der Waals surface area contributed by atoms with Crippen molar-refractivity contribution in [1.29, 1.82) is 0 Å². The number of halogens is 2. The average molecular weight is 444 g/mol. The molecule has 4 rings (SSSR count). The zero-order chi connectivity index (χ0) is 19.0. The van der Waals surface area contributed by atoms with Gasteiger partial charge in [-0.1, -0.05) is 39.7 Å². The second-order valence-electron chi connectivity index (χ2n) is 6.13. The number of benzene rings is 2.